The molecular formula is C8H16O4. The molecule has 3 N–H and O–H groups in total. The fourth-order valence-electron chi connectivity index (χ4n) is 1.56. The largest absolute Gasteiger partial charge is 0.396 e. The van der Waals surface area contributed by atoms with E-state index in [2.05, 4.69) is 0 Å². The van der Waals surface area contributed by atoms with E-state index in [9.17, 15) is 5.11 Å². The van der Waals surface area contributed by atoms with Crippen LogP contribution in [-0.2, 0) is 4.74 Å². The van der Waals surface area contributed by atoms with Crippen LogP contribution >= 0.6 is 0 Å². The van der Waals surface area contributed by atoms with Gasteiger partial charge in [-0.15, -0.1) is 0 Å². The second-order valence-corrected chi connectivity index (χ2v) is 3.37. The fourth-order valence-corrected chi connectivity index (χ4v) is 1.56. The van der Waals surface area contributed by atoms with Gasteiger partial charge in [-0.05, 0) is 5.92 Å². The van der Waals surface area contributed by atoms with Crippen LogP contribution in [0.15, 0.2) is 0 Å². The summed E-state index contributed by atoms with van der Waals surface area (Å²) in [5.74, 6) is -0.0244. The minimum atomic E-state index is -0.747. The summed E-state index contributed by atoms with van der Waals surface area (Å²) < 4.78 is 5.17. The molecule has 4 atom stereocenters. The summed E-state index contributed by atoms with van der Waals surface area (Å²) in [6, 6.07) is 0. The van der Waals surface area contributed by atoms with E-state index in [1.165, 1.54) is 0 Å². The predicted molar refractivity (Wildman–Crippen MR) is 42.6 cm³/mol. The van der Waals surface area contributed by atoms with Crippen molar-refractivity contribution >= 4 is 0 Å². The highest BCUT2D eigenvalue weighted by molar-refractivity contribution is 4.84. The van der Waals surface area contributed by atoms with Gasteiger partial charge in [0.15, 0.2) is 0 Å². The average Bonchev–Trinajstić information content (AvgIpc) is 2.06. The Bertz CT molecular complexity index is 139. The van der Waals surface area contributed by atoms with Crippen LogP contribution in [0.5, 0.6) is 0 Å². The number of hydrogen-bond donors (Lipinski definition) is 3. The van der Waals surface area contributed by atoms with Crippen LogP contribution in [-0.4, -0.2) is 47.3 Å². The van der Waals surface area contributed by atoms with Crippen LogP contribution in [0.25, 0.3) is 0 Å². The Balaban J connectivity index is 2.56. The molecule has 0 radical (unpaired) electrons. The van der Waals surface area contributed by atoms with Gasteiger partial charge in [-0.3, -0.25) is 0 Å². The normalized spacial score (nSPS) is 43.0. The summed E-state index contributed by atoms with van der Waals surface area (Å²) in [4.78, 5) is 0. The zero-order valence-corrected chi connectivity index (χ0v) is 7.18. The third kappa shape index (κ3) is 1.77. The molecule has 0 amide bonds. The minimum absolute atomic E-state index is 0.0534. The van der Waals surface area contributed by atoms with Gasteiger partial charge in [-0.2, -0.15) is 0 Å². The number of aliphatic hydroxyl groups excluding tert-OH is 3. The summed E-state index contributed by atoms with van der Waals surface area (Å²) in [6.07, 6.45) is -1.28. The summed E-state index contributed by atoms with van der Waals surface area (Å²) in [7, 11) is 0. The Morgan fingerprint density at radius 2 is 2.00 bits per heavy atom. The lowest BCUT2D eigenvalue weighted by molar-refractivity contribution is -0.152. The van der Waals surface area contributed by atoms with Crippen LogP contribution in [0.2, 0.25) is 0 Å². The van der Waals surface area contributed by atoms with Crippen molar-refractivity contribution in [3.8, 4) is 0 Å². The maximum Gasteiger partial charge on any atom is 0.107 e. The van der Waals surface area contributed by atoms with E-state index in [4.69, 9.17) is 14.9 Å². The molecule has 4 unspecified atom stereocenters. The molecule has 0 spiro atoms. The molecule has 72 valence electrons. The Morgan fingerprint density at radius 3 is 2.50 bits per heavy atom. The van der Waals surface area contributed by atoms with Crippen molar-refractivity contribution in [3.63, 3.8) is 0 Å². The molecule has 0 aromatic rings. The standard InChI is InChI=1S/C8H16O4/c1-5-4-12-7(3-10)8(11)6(5)2-9/h5-11H,2-4H2,1H3. The van der Waals surface area contributed by atoms with Crippen LogP contribution in [0.4, 0.5) is 0 Å². The monoisotopic (exact) mass is 176 g/mol. The van der Waals surface area contributed by atoms with Gasteiger partial charge in [0.1, 0.15) is 6.10 Å². The van der Waals surface area contributed by atoms with Gasteiger partial charge in [-0.1, -0.05) is 6.92 Å². The SMILES string of the molecule is CC1COC(CO)C(O)C1CO. The number of rotatable bonds is 2. The van der Waals surface area contributed by atoms with Crippen molar-refractivity contribution in [3.05, 3.63) is 0 Å². The highest BCUT2D eigenvalue weighted by Crippen LogP contribution is 2.25. The Labute approximate surface area is 71.8 Å². The van der Waals surface area contributed by atoms with E-state index in [1.54, 1.807) is 0 Å². The third-order valence-electron chi connectivity index (χ3n) is 2.51. The molecule has 1 saturated heterocycles. The van der Waals surface area contributed by atoms with Gasteiger partial charge in [-0.25, -0.2) is 0 Å². The van der Waals surface area contributed by atoms with Crippen molar-refractivity contribution in [2.45, 2.75) is 19.1 Å². The van der Waals surface area contributed by atoms with Gasteiger partial charge < -0.3 is 20.1 Å². The van der Waals surface area contributed by atoms with Crippen LogP contribution in [0.3, 0.4) is 0 Å². The fraction of sp³-hybridized carbons (Fsp3) is 1.00. The molecule has 1 heterocycles. The number of hydrogen-bond acceptors (Lipinski definition) is 4. The molecule has 1 aliphatic rings. The first-order chi connectivity index (χ1) is 5.70. The molecule has 4 heteroatoms. The quantitative estimate of drug-likeness (QED) is 0.504. The maximum absolute atomic E-state index is 9.55. The average molecular weight is 176 g/mol. The Hall–Kier alpha value is -0.160. The first-order valence-corrected chi connectivity index (χ1v) is 4.22. The number of ether oxygens (including phenoxy) is 1. The summed E-state index contributed by atoms with van der Waals surface area (Å²) >= 11 is 0. The molecular weight excluding hydrogens is 160 g/mol. The van der Waals surface area contributed by atoms with Crippen molar-refractivity contribution in [1.82, 2.24) is 0 Å². The van der Waals surface area contributed by atoms with Crippen LogP contribution in [0, 0.1) is 11.8 Å². The van der Waals surface area contributed by atoms with Gasteiger partial charge in [0.25, 0.3) is 0 Å². The van der Waals surface area contributed by atoms with Crippen molar-refractivity contribution < 1.29 is 20.1 Å². The first kappa shape index (κ1) is 9.92. The highest BCUT2D eigenvalue weighted by atomic mass is 16.5. The van der Waals surface area contributed by atoms with Crippen LogP contribution in [0.1, 0.15) is 6.92 Å². The van der Waals surface area contributed by atoms with E-state index in [0.29, 0.717) is 6.61 Å². The van der Waals surface area contributed by atoms with Crippen molar-refractivity contribution in [1.29, 1.82) is 0 Å². The highest BCUT2D eigenvalue weighted by Gasteiger charge is 2.36. The van der Waals surface area contributed by atoms with Gasteiger partial charge in [0.2, 0.25) is 0 Å². The van der Waals surface area contributed by atoms with E-state index in [-0.39, 0.29) is 25.0 Å². The van der Waals surface area contributed by atoms with Gasteiger partial charge in [0, 0.05) is 12.5 Å². The predicted octanol–water partition coefficient (Wildman–Crippen LogP) is -1.02. The number of aliphatic hydroxyl groups is 3. The van der Waals surface area contributed by atoms with E-state index in [1.807, 2.05) is 6.92 Å². The zero-order chi connectivity index (χ0) is 9.14. The molecule has 12 heavy (non-hydrogen) atoms. The maximum atomic E-state index is 9.55. The molecule has 0 saturated carbocycles. The molecule has 1 fully saturated rings. The molecule has 1 aliphatic heterocycles. The van der Waals surface area contributed by atoms with Crippen molar-refractivity contribution in [2.75, 3.05) is 19.8 Å². The van der Waals surface area contributed by atoms with E-state index < -0.39 is 12.2 Å². The topological polar surface area (TPSA) is 69.9 Å². The van der Waals surface area contributed by atoms with E-state index in [0.717, 1.165) is 0 Å². The second-order valence-electron chi connectivity index (χ2n) is 3.37. The lowest BCUT2D eigenvalue weighted by Crippen LogP contribution is -2.48. The minimum Gasteiger partial charge on any atom is -0.396 e. The summed E-state index contributed by atoms with van der Waals surface area (Å²) in [5, 5.41) is 27.3. The van der Waals surface area contributed by atoms with Gasteiger partial charge >= 0.3 is 0 Å². The molecule has 1 rings (SSSR count). The zero-order valence-electron chi connectivity index (χ0n) is 7.18. The molecule has 0 bridgehead atoms. The first-order valence-electron chi connectivity index (χ1n) is 4.22. The molecule has 0 aromatic carbocycles. The lowest BCUT2D eigenvalue weighted by Gasteiger charge is -2.37. The molecule has 0 aromatic heterocycles. The van der Waals surface area contributed by atoms with Crippen molar-refractivity contribution in [2.24, 2.45) is 11.8 Å². The van der Waals surface area contributed by atoms with Gasteiger partial charge in [0.05, 0.1) is 19.3 Å². The van der Waals surface area contributed by atoms with Crippen LogP contribution < -0.4 is 0 Å². The summed E-state index contributed by atoms with van der Waals surface area (Å²) in [6.45, 7) is 2.16. The Morgan fingerprint density at radius 1 is 1.33 bits per heavy atom. The summed E-state index contributed by atoms with van der Waals surface area (Å²) in [5.41, 5.74) is 0. The second kappa shape index (κ2) is 4.18. The third-order valence-corrected chi connectivity index (χ3v) is 2.51. The molecule has 4 nitrogen and oxygen atoms in total. The Kier molecular flexibility index (Phi) is 3.46. The lowest BCUT2D eigenvalue weighted by atomic mass is 9.85. The molecule has 0 aliphatic carbocycles. The van der Waals surface area contributed by atoms with E-state index >= 15 is 0 Å². The smallest absolute Gasteiger partial charge is 0.107 e.